The van der Waals surface area contributed by atoms with Crippen LogP contribution < -0.4 is 5.32 Å². The summed E-state index contributed by atoms with van der Waals surface area (Å²) in [5.41, 5.74) is 0.609. The molecule has 0 spiro atoms. The number of hydrogen-bond acceptors (Lipinski definition) is 3. The van der Waals surface area contributed by atoms with Gasteiger partial charge in [0.1, 0.15) is 0 Å². The Balaban J connectivity index is 1.96. The van der Waals surface area contributed by atoms with Gasteiger partial charge in [0.25, 0.3) is 5.91 Å². The van der Waals surface area contributed by atoms with E-state index in [0.717, 1.165) is 17.3 Å². The Labute approximate surface area is 114 Å². The summed E-state index contributed by atoms with van der Waals surface area (Å²) < 4.78 is 6.09. The molecule has 2 rings (SSSR count). The lowest BCUT2D eigenvalue weighted by atomic mass is 9.89. The molecule has 0 radical (unpaired) electrons. The molecule has 0 aliphatic heterocycles. The largest absolute Gasteiger partial charge is 0.381 e. The molecule has 1 saturated carbocycles. The molecule has 1 amide bonds. The number of carbonyl (C=O) groups excluding carboxylic acids is 1. The summed E-state index contributed by atoms with van der Waals surface area (Å²) in [6.07, 6.45) is 2.07. The minimum absolute atomic E-state index is 0.0675. The molecule has 5 heteroatoms. The highest BCUT2D eigenvalue weighted by atomic mass is 79.9. The van der Waals surface area contributed by atoms with E-state index in [1.807, 2.05) is 12.1 Å². The van der Waals surface area contributed by atoms with Gasteiger partial charge in [-0.3, -0.25) is 4.79 Å². The predicted molar refractivity (Wildman–Crippen MR) is 72.7 cm³/mol. The molecule has 1 aromatic rings. The molecule has 92 valence electrons. The topological polar surface area (TPSA) is 38.3 Å². The minimum Gasteiger partial charge on any atom is -0.381 e. The maximum absolute atomic E-state index is 12.0. The van der Waals surface area contributed by atoms with Gasteiger partial charge in [0.15, 0.2) is 0 Å². The Morgan fingerprint density at radius 2 is 2.24 bits per heavy atom. The third-order valence-corrected chi connectivity index (χ3v) is 3.83. The number of methoxy groups -OCH3 is 1. The lowest BCUT2D eigenvalue weighted by Gasteiger charge is -2.34. The van der Waals surface area contributed by atoms with Crippen molar-refractivity contribution in [3.05, 3.63) is 28.2 Å². The number of hydrogen-bond donors (Lipinski definition) is 2. The van der Waals surface area contributed by atoms with Crippen LogP contribution in [0.3, 0.4) is 0 Å². The fourth-order valence-electron chi connectivity index (χ4n) is 1.84. The fourth-order valence-corrected chi connectivity index (χ4v) is 2.69. The molecule has 1 fully saturated rings. The first kappa shape index (κ1) is 12.9. The average molecular weight is 316 g/mol. The first-order chi connectivity index (χ1) is 8.10. The van der Waals surface area contributed by atoms with Crippen molar-refractivity contribution in [1.82, 2.24) is 5.32 Å². The maximum atomic E-state index is 12.0. The molecule has 3 nitrogen and oxygen atoms in total. The molecule has 0 heterocycles. The van der Waals surface area contributed by atoms with E-state index in [0.29, 0.717) is 16.6 Å². The Morgan fingerprint density at radius 1 is 1.53 bits per heavy atom. The second kappa shape index (κ2) is 5.42. The average Bonchev–Trinajstić information content (AvgIpc) is 2.22. The van der Waals surface area contributed by atoms with Gasteiger partial charge in [-0.1, -0.05) is 15.9 Å². The van der Waals surface area contributed by atoms with E-state index in [-0.39, 0.29) is 11.9 Å². The van der Waals surface area contributed by atoms with Crippen LogP contribution in [-0.2, 0) is 4.74 Å². The van der Waals surface area contributed by atoms with Gasteiger partial charge in [0.2, 0.25) is 0 Å². The molecule has 0 unspecified atom stereocenters. The van der Waals surface area contributed by atoms with E-state index in [9.17, 15) is 4.79 Å². The number of halogens is 1. The van der Waals surface area contributed by atoms with Crippen LogP contribution in [0.2, 0.25) is 0 Å². The number of amides is 1. The first-order valence-corrected chi connectivity index (χ1v) is 6.66. The zero-order valence-electron chi connectivity index (χ0n) is 9.44. The predicted octanol–water partition coefficient (Wildman–Crippen LogP) is 2.65. The van der Waals surface area contributed by atoms with E-state index < -0.39 is 0 Å². The third-order valence-electron chi connectivity index (χ3n) is 2.97. The Morgan fingerprint density at radius 3 is 2.82 bits per heavy atom. The van der Waals surface area contributed by atoms with Crippen molar-refractivity contribution < 1.29 is 9.53 Å². The molecule has 0 bridgehead atoms. The van der Waals surface area contributed by atoms with Gasteiger partial charge in [0.05, 0.1) is 11.7 Å². The standard InChI is InChI=1S/C12H14BrNO2S/c1-16-9-5-8(6-9)14-12(15)10-3-2-7(13)4-11(10)17/h2-4,8-9,17H,5-6H2,1H3,(H,14,15). The maximum Gasteiger partial charge on any atom is 0.252 e. The Bertz CT molecular complexity index is 433. The van der Waals surface area contributed by atoms with E-state index in [2.05, 4.69) is 33.9 Å². The minimum atomic E-state index is -0.0675. The van der Waals surface area contributed by atoms with E-state index in [4.69, 9.17) is 4.74 Å². The van der Waals surface area contributed by atoms with E-state index >= 15 is 0 Å². The fraction of sp³-hybridized carbons (Fsp3) is 0.417. The van der Waals surface area contributed by atoms with Crippen LogP contribution in [0, 0.1) is 0 Å². The van der Waals surface area contributed by atoms with Crippen molar-refractivity contribution in [3.63, 3.8) is 0 Å². The SMILES string of the molecule is COC1CC(NC(=O)c2ccc(Br)cc2S)C1. The quantitative estimate of drug-likeness (QED) is 0.842. The van der Waals surface area contributed by atoms with Gasteiger partial charge >= 0.3 is 0 Å². The van der Waals surface area contributed by atoms with Crippen LogP contribution in [0.25, 0.3) is 0 Å². The van der Waals surface area contributed by atoms with Gasteiger partial charge < -0.3 is 10.1 Å². The molecule has 1 N–H and O–H groups in total. The van der Waals surface area contributed by atoms with Crippen LogP contribution in [0.4, 0.5) is 0 Å². The van der Waals surface area contributed by atoms with Crippen molar-refractivity contribution in [1.29, 1.82) is 0 Å². The molecular formula is C12H14BrNO2S. The highest BCUT2D eigenvalue weighted by Gasteiger charge is 2.30. The van der Waals surface area contributed by atoms with Crippen LogP contribution in [0.5, 0.6) is 0 Å². The highest BCUT2D eigenvalue weighted by Crippen LogP contribution is 2.24. The van der Waals surface area contributed by atoms with Crippen molar-refractivity contribution in [2.45, 2.75) is 29.9 Å². The lowest BCUT2D eigenvalue weighted by Crippen LogP contribution is -2.47. The molecular weight excluding hydrogens is 302 g/mol. The number of benzene rings is 1. The lowest BCUT2D eigenvalue weighted by molar-refractivity contribution is 0.0176. The number of thiol groups is 1. The molecule has 1 aliphatic carbocycles. The van der Waals surface area contributed by atoms with Crippen molar-refractivity contribution in [2.75, 3.05) is 7.11 Å². The van der Waals surface area contributed by atoms with Gasteiger partial charge in [-0.2, -0.15) is 0 Å². The monoisotopic (exact) mass is 315 g/mol. The second-order valence-electron chi connectivity index (χ2n) is 4.16. The van der Waals surface area contributed by atoms with E-state index in [1.54, 1.807) is 13.2 Å². The van der Waals surface area contributed by atoms with Gasteiger partial charge in [0, 0.05) is 22.5 Å². The second-order valence-corrected chi connectivity index (χ2v) is 5.56. The number of rotatable bonds is 3. The molecule has 0 saturated heterocycles. The summed E-state index contributed by atoms with van der Waals surface area (Å²) >= 11 is 7.64. The molecule has 1 aromatic carbocycles. The normalized spacial score (nSPS) is 23.0. The van der Waals surface area contributed by atoms with Crippen LogP contribution in [-0.4, -0.2) is 25.2 Å². The number of nitrogens with one attached hydrogen (secondary N) is 1. The summed E-state index contributed by atoms with van der Waals surface area (Å²) in [6, 6.07) is 5.65. The van der Waals surface area contributed by atoms with Crippen molar-refractivity contribution in [2.24, 2.45) is 0 Å². The van der Waals surface area contributed by atoms with E-state index in [1.165, 1.54) is 0 Å². The third kappa shape index (κ3) is 3.03. The van der Waals surface area contributed by atoms with Crippen LogP contribution in [0.1, 0.15) is 23.2 Å². The Hall–Kier alpha value is -0.520. The van der Waals surface area contributed by atoms with Gasteiger partial charge in [-0.15, -0.1) is 12.6 Å². The summed E-state index contributed by atoms with van der Waals surface area (Å²) in [5, 5.41) is 2.97. The number of ether oxygens (including phenoxy) is 1. The van der Waals surface area contributed by atoms with Crippen molar-refractivity contribution >= 4 is 34.5 Å². The summed E-state index contributed by atoms with van der Waals surface area (Å²) in [4.78, 5) is 12.6. The Kier molecular flexibility index (Phi) is 4.12. The summed E-state index contributed by atoms with van der Waals surface area (Å²) in [5.74, 6) is -0.0675. The zero-order valence-corrected chi connectivity index (χ0v) is 11.9. The van der Waals surface area contributed by atoms with Gasteiger partial charge in [-0.25, -0.2) is 0 Å². The molecule has 0 atom stereocenters. The zero-order chi connectivity index (χ0) is 12.4. The molecule has 0 aromatic heterocycles. The van der Waals surface area contributed by atoms with Crippen LogP contribution >= 0.6 is 28.6 Å². The highest BCUT2D eigenvalue weighted by molar-refractivity contribution is 9.10. The van der Waals surface area contributed by atoms with Gasteiger partial charge in [-0.05, 0) is 31.0 Å². The molecule has 1 aliphatic rings. The van der Waals surface area contributed by atoms with Crippen LogP contribution in [0.15, 0.2) is 27.6 Å². The first-order valence-electron chi connectivity index (χ1n) is 5.42. The smallest absolute Gasteiger partial charge is 0.252 e. The summed E-state index contributed by atoms with van der Waals surface area (Å²) in [6.45, 7) is 0. The molecule has 17 heavy (non-hydrogen) atoms. The van der Waals surface area contributed by atoms with Crippen molar-refractivity contribution in [3.8, 4) is 0 Å². The summed E-state index contributed by atoms with van der Waals surface area (Å²) in [7, 11) is 1.70. The number of carbonyl (C=O) groups is 1.